The number of aryl methyl sites for hydroxylation is 1. The van der Waals surface area contributed by atoms with Crippen molar-refractivity contribution in [2.45, 2.75) is 6.92 Å². The van der Waals surface area contributed by atoms with E-state index in [0.717, 1.165) is 5.56 Å². The molecule has 0 fully saturated rings. The van der Waals surface area contributed by atoms with E-state index in [0.29, 0.717) is 26.4 Å². The lowest BCUT2D eigenvalue weighted by Crippen LogP contribution is -2.17. The maximum absolute atomic E-state index is 12.3. The van der Waals surface area contributed by atoms with Crippen LogP contribution in [0.25, 0.3) is 0 Å². The number of anilines is 2. The van der Waals surface area contributed by atoms with E-state index in [1.54, 1.807) is 24.3 Å². The fourth-order valence-electron chi connectivity index (χ4n) is 1.79. The molecule has 0 aliphatic rings. The second-order valence-corrected chi connectivity index (χ2v) is 5.98. The molecule has 1 amide bonds. The first-order valence-corrected chi connectivity index (χ1v) is 7.51. The standard InChI is InChI=1S/C14H12BrCl2N3O/c1-7-2-3-8(11(6-7)20-18)14(21)19-10-5-4-9(15)12(16)13(10)17/h2-6,20H,18H2,1H3,(H,19,21). The van der Waals surface area contributed by atoms with Crippen LogP contribution >= 0.6 is 39.1 Å². The summed E-state index contributed by atoms with van der Waals surface area (Å²) in [5, 5.41) is 3.33. The maximum atomic E-state index is 12.3. The smallest absolute Gasteiger partial charge is 0.257 e. The summed E-state index contributed by atoms with van der Waals surface area (Å²) >= 11 is 15.4. The number of amides is 1. The van der Waals surface area contributed by atoms with Crippen LogP contribution in [-0.4, -0.2) is 5.91 Å². The summed E-state index contributed by atoms with van der Waals surface area (Å²) < 4.78 is 0.659. The zero-order valence-corrected chi connectivity index (χ0v) is 14.1. The predicted octanol–water partition coefficient (Wildman–Crippen LogP) is 4.60. The number of nitrogens with two attached hydrogens (primary N) is 1. The van der Waals surface area contributed by atoms with Gasteiger partial charge in [-0.05, 0) is 52.7 Å². The van der Waals surface area contributed by atoms with E-state index in [1.807, 2.05) is 13.0 Å². The molecule has 0 spiro atoms. The Morgan fingerprint density at radius 3 is 2.52 bits per heavy atom. The Hall–Kier alpha value is -1.27. The number of hydrogen-bond acceptors (Lipinski definition) is 3. The molecule has 0 bridgehead atoms. The van der Waals surface area contributed by atoms with Crippen molar-refractivity contribution in [3.8, 4) is 0 Å². The summed E-state index contributed by atoms with van der Waals surface area (Å²) in [6.07, 6.45) is 0. The van der Waals surface area contributed by atoms with Gasteiger partial charge in [-0.2, -0.15) is 0 Å². The van der Waals surface area contributed by atoms with Crippen LogP contribution in [0, 0.1) is 6.92 Å². The molecule has 0 radical (unpaired) electrons. The number of benzene rings is 2. The predicted molar refractivity (Wildman–Crippen MR) is 91.1 cm³/mol. The third kappa shape index (κ3) is 3.49. The molecule has 0 atom stereocenters. The van der Waals surface area contributed by atoms with Crippen molar-refractivity contribution in [3.05, 3.63) is 56.0 Å². The summed E-state index contributed by atoms with van der Waals surface area (Å²) in [4.78, 5) is 12.3. The Morgan fingerprint density at radius 1 is 1.14 bits per heavy atom. The Balaban J connectivity index is 2.33. The van der Waals surface area contributed by atoms with Crippen molar-refractivity contribution < 1.29 is 4.79 Å². The average molecular weight is 389 g/mol. The number of nitrogens with one attached hydrogen (secondary N) is 2. The second-order valence-electron chi connectivity index (χ2n) is 4.37. The quantitative estimate of drug-likeness (QED) is 0.408. The molecule has 0 aliphatic carbocycles. The fourth-order valence-corrected chi connectivity index (χ4v) is 2.61. The third-order valence-electron chi connectivity index (χ3n) is 2.86. The highest BCUT2D eigenvalue weighted by Crippen LogP contribution is 2.36. The van der Waals surface area contributed by atoms with E-state index >= 15 is 0 Å². The van der Waals surface area contributed by atoms with E-state index in [-0.39, 0.29) is 10.9 Å². The minimum atomic E-state index is -0.330. The molecule has 2 aromatic carbocycles. The molecular weight excluding hydrogens is 377 g/mol. The molecule has 2 rings (SSSR count). The van der Waals surface area contributed by atoms with Gasteiger partial charge in [-0.25, -0.2) is 0 Å². The molecule has 4 N–H and O–H groups in total. The first kappa shape index (κ1) is 16.1. The minimum Gasteiger partial charge on any atom is -0.323 e. The van der Waals surface area contributed by atoms with Gasteiger partial charge >= 0.3 is 0 Å². The molecule has 21 heavy (non-hydrogen) atoms. The van der Waals surface area contributed by atoms with Gasteiger partial charge in [-0.3, -0.25) is 10.6 Å². The molecule has 0 saturated heterocycles. The Labute approximate surface area is 140 Å². The summed E-state index contributed by atoms with van der Waals surface area (Å²) in [5.41, 5.74) is 4.88. The molecule has 0 saturated carbocycles. The molecular formula is C14H12BrCl2N3O. The SMILES string of the molecule is Cc1ccc(C(=O)Nc2ccc(Br)c(Cl)c2Cl)c(NN)c1. The van der Waals surface area contributed by atoms with Crippen LogP contribution in [0.15, 0.2) is 34.8 Å². The molecule has 0 unspecified atom stereocenters. The van der Waals surface area contributed by atoms with Crippen LogP contribution in [-0.2, 0) is 0 Å². The summed E-state index contributed by atoms with van der Waals surface area (Å²) in [6.45, 7) is 1.91. The van der Waals surface area contributed by atoms with Gasteiger partial charge in [-0.1, -0.05) is 29.3 Å². The molecule has 110 valence electrons. The maximum Gasteiger partial charge on any atom is 0.257 e. The summed E-state index contributed by atoms with van der Waals surface area (Å²) in [5.74, 6) is 5.11. The van der Waals surface area contributed by atoms with E-state index in [9.17, 15) is 4.79 Å². The number of hydrogen-bond donors (Lipinski definition) is 3. The Morgan fingerprint density at radius 2 is 1.86 bits per heavy atom. The number of carbonyl (C=O) groups excluding carboxylic acids is 1. The second kappa shape index (κ2) is 6.66. The van der Waals surface area contributed by atoms with Crippen molar-refractivity contribution in [1.29, 1.82) is 0 Å². The van der Waals surface area contributed by atoms with Crippen LogP contribution in [0.2, 0.25) is 10.0 Å². The molecule has 7 heteroatoms. The highest BCUT2D eigenvalue weighted by molar-refractivity contribution is 9.10. The van der Waals surface area contributed by atoms with Crippen LogP contribution in [0.1, 0.15) is 15.9 Å². The number of carbonyl (C=O) groups is 1. The fraction of sp³-hybridized carbons (Fsp3) is 0.0714. The molecule has 0 aliphatic heterocycles. The lowest BCUT2D eigenvalue weighted by atomic mass is 10.1. The van der Waals surface area contributed by atoms with Crippen molar-refractivity contribution in [2.75, 3.05) is 10.7 Å². The minimum absolute atomic E-state index is 0.272. The highest BCUT2D eigenvalue weighted by atomic mass is 79.9. The van der Waals surface area contributed by atoms with Gasteiger partial charge < -0.3 is 10.7 Å². The van der Waals surface area contributed by atoms with E-state index in [2.05, 4.69) is 26.7 Å². The largest absolute Gasteiger partial charge is 0.323 e. The van der Waals surface area contributed by atoms with Gasteiger partial charge in [0.25, 0.3) is 5.91 Å². The molecule has 4 nitrogen and oxygen atoms in total. The van der Waals surface area contributed by atoms with Gasteiger partial charge in [0.15, 0.2) is 0 Å². The average Bonchev–Trinajstić information content (AvgIpc) is 2.47. The third-order valence-corrected chi connectivity index (χ3v) is 4.63. The number of hydrazine groups is 1. The van der Waals surface area contributed by atoms with Gasteiger partial charge in [0.05, 0.1) is 27.0 Å². The van der Waals surface area contributed by atoms with Crippen molar-refractivity contribution in [1.82, 2.24) is 0 Å². The zero-order valence-electron chi connectivity index (χ0n) is 11.0. The number of halogens is 3. The van der Waals surface area contributed by atoms with Crippen LogP contribution in [0.5, 0.6) is 0 Å². The normalized spacial score (nSPS) is 10.3. The first-order chi connectivity index (χ1) is 9.93. The van der Waals surface area contributed by atoms with Crippen molar-refractivity contribution >= 4 is 56.4 Å². The van der Waals surface area contributed by atoms with Crippen molar-refractivity contribution in [3.63, 3.8) is 0 Å². The van der Waals surface area contributed by atoms with E-state index < -0.39 is 0 Å². The molecule has 0 aromatic heterocycles. The van der Waals surface area contributed by atoms with Crippen molar-refractivity contribution in [2.24, 2.45) is 5.84 Å². The van der Waals surface area contributed by atoms with E-state index in [4.69, 9.17) is 29.0 Å². The van der Waals surface area contributed by atoms with Gasteiger partial charge in [0.2, 0.25) is 0 Å². The lowest BCUT2D eigenvalue weighted by molar-refractivity contribution is 0.102. The monoisotopic (exact) mass is 387 g/mol. The van der Waals surface area contributed by atoms with Gasteiger partial charge in [0, 0.05) is 4.47 Å². The first-order valence-electron chi connectivity index (χ1n) is 5.96. The Bertz CT molecular complexity index is 707. The highest BCUT2D eigenvalue weighted by Gasteiger charge is 2.15. The zero-order chi connectivity index (χ0) is 15.6. The summed E-state index contributed by atoms with van der Waals surface area (Å²) in [6, 6.07) is 8.67. The topological polar surface area (TPSA) is 67.2 Å². The molecule has 2 aromatic rings. The van der Waals surface area contributed by atoms with Crippen LogP contribution in [0.4, 0.5) is 11.4 Å². The van der Waals surface area contributed by atoms with Gasteiger partial charge in [-0.15, -0.1) is 0 Å². The van der Waals surface area contributed by atoms with Crippen LogP contribution in [0.3, 0.4) is 0 Å². The molecule has 0 heterocycles. The summed E-state index contributed by atoms with van der Waals surface area (Å²) in [7, 11) is 0. The number of nitrogen functional groups attached to an aromatic ring is 1. The van der Waals surface area contributed by atoms with Gasteiger partial charge in [0.1, 0.15) is 0 Å². The Kier molecular flexibility index (Phi) is 5.11. The van der Waals surface area contributed by atoms with E-state index in [1.165, 1.54) is 0 Å². The number of rotatable bonds is 3. The van der Waals surface area contributed by atoms with Crippen LogP contribution < -0.4 is 16.6 Å². The lowest BCUT2D eigenvalue weighted by Gasteiger charge is -2.12.